The van der Waals surface area contributed by atoms with Crippen molar-refractivity contribution in [1.29, 1.82) is 0 Å². The van der Waals surface area contributed by atoms with Crippen LogP contribution < -0.4 is 11.1 Å². The first-order chi connectivity index (χ1) is 11.5. The second-order valence-corrected chi connectivity index (χ2v) is 6.67. The molecule has 25 heavy (non-hydrogen) atoms. The number of aromatic nitrogens is 1. The summed E-state index contributed by atoms with van der Waals surface area (Å²) < 4.78 is 5.35. The van der Waals surface area contributed by atoms with Crippen LogP contribution in [0.4, 0.5) is 0 Å². The highest BCUT2D eigenvalue weighted by atomic mass is 127. The molecule has 8 heteroatoms. The van der Waals surface area contributed by atoms with Gasteiger partial charge in [-0.1, -0.05) is 19.0 Å². The fraction of sp³-hybridized carbons (Fsp3) is 0.706. The topological polar surface area (TPSA) is 96.8 Å². The average Bonchev–Trinajstić information content (AvgIpc) is 3.00. The van der Waals surface area contributed by atoms with Crippen LogP contribution in [-0.4, -0.2) is 41.6 Å². The number of halogens is 1. The molecule has 1 atom stereocenters. The van der Waals surface area contributed by atoms with Gasteiger partial charge in [0.25, 0.3) is 0 Å². The van der Waals surface area contributed by atoms with Gasteiger partial charge in [0, 0.05) is 32.1 Å². The summed E-state index contributed by atoms with van der Waals surface area (Å²) >= 11 is 0. The number of rotatable bonds is 6. The zero-order valence-corrected chi connectivity index (χ0v) is 17.7. The van der Waals surface area contributed by atoms with Crippen molar-refractivity contribution >= 4 is 35.8 Å². The van der Waals surface area contributed by atoms with E-state index < -0.39 is 0 Å². The molecule has 3 N–H and O–H groups in total. The minimum atomic E-state index is -0.230. The Kier molecular flexibility index (Phi) is 9.23. The first-order valence-corrected chi connectivity index (χ1v) is 8.76. The Morgan fingerprint density at radius 1 is 1.56 bits per heavy atom. The van der Waals surface area contributed by atoms with Crippen molar-refractivity contribution in [1.82, 2.24) is 15.4 Å². The lowest BCUT2D eigenvalue weighted by Gasteiger charge is -2.34. The van der Waals surface area contributed by atoms with Crippen molar-refractivity contribution in [2.45, 2.75) is 52.5 Å². The van der Waals surface area contributed by atoms with Gasteiger partial charge in [-0.05, 0) is 31.6 Å². The Morgan fingerprint density at radius 2 is 2.32 bits per heavy atom. The minimum absolute atomic E-state index is 0. The largest absolute Gasteiger partial charge is 0.370 e. The highest BCUT2D eigenvalue weighted by Gasteiger charge is 2.23. The van der Waals surface area contributed by atoms with E-state index in [1.54, 1.807) is 0 Å². The molecule has 1 amide bonds. The molecule has 2 rings (SSSR count). The molecule has 1 fully saturated rings. The van der Waals surface area contributed by atoms with Crippen molar-refractivity contribution in [3.63, 3.8) is 0 Å². The number of hydrogen-bond acceptors (Lipinski definition) is 4. The second-order valence-electron chi connectivity index (χ2n) is 6.67. The second kappa shape index (κ2) is 10.6. The molecule has 1 saturated heterocycles. The van der Waals surface area contributed by atoms with Crippen molar-refractivity contribution in [3.8, 4) is 0 Å². The van der Waals surface area contributed by atoms with Crippen LogP contribution in [0.25, 0.3) is 0 Å². The van der Waals surface area contributed by atoms with E-state index in [1.165, 1.54) is 0 Å². The Balaban J connectivity index is 0.00000312. The van der Waals surface area contributed by atoms with Crippen LogP contribution in [0.5, 0.6) is 0 Å². The zero-order chi connectivity index (χ0) is 17.5. The van der Waals surface area contributed by atoms with Crippen molar-refractivity contribution in [2.75, 3.05) is 19.6 Å². The number of aliphatic imine (C=N–C) groups is 1. The van der Waals surface area contributed by atoms with E-state index in [9.17, 15) is 4.79 Å². The number of carbonyl (C=O) groups is 1. The van der Waals surface area contributed by atoms with Gasteiger partial charge >= 0.3 is 0 Å². The van der Waals surface area contributed by atoms with Gasteiger partial charge in [0.2, 0.25) is 5.91 Å². The molecular weight excluding hydrogens is 433 g/mol. The van der Waals surface area contributed by atoms with E-state index in [1.807, 2.05) is 13.0 Å². The van der Waals surface area contributed by atoms with Crippen LogP contribution in [0.15, 0.2) is 15.6 Å². The fourth-order valence-corrected chi connectivity index (χ4v) is 2.96. The smallest absolute Gasteiger partial charge is 0.217 e. The van der Waals surface area contributed by atoms with Gasteiger partial charge in [0.15, 0.2) is 11.7 Å². The Hall–Kier alpha value is -1.32. The number of hydrogen-bond donors (Lipinski definition) is 2. The number of amides is 1. The molecule has 7 nitrogen and oxygen atoms in total. The summed E-state index contributed by atoms with van der Waals surface area (Å²) in [6, 6.07) is 1.96. The van der Waals surface area contributed by atoms with Gasteiger partial charge in [-0.15, -0.1) is 24.0 Å². The number of nitrogens with two attached hydrogens (primary N) is 1. The monoisotopic (exact) mass is 463 g/mol. The number of carbonyl (C=O) groups excluding carboxylic acids is 1. The van der Waals surface area contributed by atoms with E-state index in [-0.39, 0.29) is 29.9 Å². The first kappa shape index (κ1) is 21.7. The van der Waals surface area contributed by atoms with E-state index >= 15 is 0 Å². The molecule has 0 bridgehead atoms. The standard InChI is InChI=1S/C17H29N5O2.HI/c1-4-19-17(20-10-14-9-15(12(2)3)21-24-14)22-7-5-6-13(11-22)8-16(18)23;/h9,12-13H,4-8,10-11H2,1-3H3,(H2,18,23)(H,19,20);1H. The maximum atomic E-state index is 11.2. The van der Waals surface area contributed by atoms with Gasteiger partial charge in [-0.3, -0.25) is 4.79 Å². The highest BCUT2D eigenvalue weighted by molar-refractivity contribution is 14.0. The molecule has 0 saturated carbocycles. The number of nitrogens with zero attached hydrogens (tertiary/aromatic N) is 3. The Morgan fingerprint density at radius 3 is 2.92 bits per heavy atom. The van der Waals surface area contributed by atoms with Crippen LogP contribution in [0.2, 0.25) is 0 Å². The normalized spacial score (nSPS) is 18.2. The minimum Gasteiger partial charge on any atom is -0.370 e. The first-order valence-electron chi connectivity index (χ1n) is 8.76. The molecule has 0 spiro atoms. The maximum Gasteiger partial charge on any atom is 0.217 e. The molecule has 1 aliphatic heterocycles. The molecular formula is C17H30IN5O2. The number of nitrogens with one attached hydrogen (secondary N) is 1. The third kappa shape index (κ3) is 6.83. The van der Waals surface area contributed by atoms with Gasteiger partial charge in [0.05, 0.1) is 5.69 Å². The van der Waals surface area contributed by atoms with E-state index in [0.717, 1.165) is 49.9 Å². The van der Waals surface area contributed by atoms with Crippen LogP contribution in [0, 0.1) is 5.92 Å². The fourth-order valence-electron chi connectivity index (χ4n) is 2.96. The molecule has 0 aromatic carbocycles. The summed E-state index contributed by atoms with van der Waals surface area (Å²) in [4.78, 5) is 18.1. The molecule has 1 aliphatic rings. The molecule has 1 unspecified atom stereocenters. The van der Waals surface area contributed by atoms with E-state index in [0.29, 0.717) is 24.8 Å². The van der Waals surface area contributed by atoms with Crippen molar-refractivity contribution in [2.24, 2.45) is 16.6 Å². The summed E-state index contributed by atoms with van der Waals surface area (Å²) in [5.41, 5.74) is 6.29. The van der Waals surface area contributed by atoms with Crippen LogP contribution in [0.3, 0.4) is 0 Å². The Labute approximate surface area is 166 Å². The lowest BCUT2D eigenvalue weighted by atomic mass is 9.95. The molecule has 142 valence electrons. The van der Waals surface area contributed by atoms with Gasteiger partial charge < -0.3 is 20.5 Å². The molecule has 1 aromatic rings. The summed E-state index contributed by atoms with van der Waals surface area (Å²) in [5, 5.41) is 7.39. The van der Waals surface area contributed by atoms with Crippen molar-refractivity contribution in [3.05, 3.63) is 17.5 Å². The average molecular weight is 463 g/mol. The molecule has 0 radical (unpaired) electrons. The zero-order valence-electron chi connectivity index (χ0n) is 15.3. The van der Waals surface area contributed by atoms with Crippen molar-refractivity contribution < 1.29 is 9.32 Å². The van der Waals surface area contributed by atoms with Crippen LogP contribution >= 0.6 is 24.0 Å². The third-order valence-electron chi connectivity index (χ3n) is 4.20. The number of guanidine groups is 1. The predicted molar refractivity (Wildman–Crippen MR) is 109 cm³/mol. The maximum absolute atomic E-state index is 11.2. The number of piperidine rings is 1. The van der Waals surface area contributed by atoms with Gasteiger partial charge in [0.1, 0.15) is 6.54 Å². The number of likely N-dealkylation sites (tertiary alicyclic amines) is 1. The lowest BCUT2D eigenvalue weighted by molar-refractivity contribution is -0.119. The van der Waals surface area contributed by atoms with Crippen LogP contribution in [0.1, 0.15) is 57.4 Å². The summed E-state index contributed by atoms with van der Waals surface area (Å²) in [6.45, 7) is 9.22. The van der Waals surface area contributed by atoms with E-state index in [2.05, 4.69) is 34.2 Å². The SMILES string of the molecule is CCNC(=NCc1cc(C(C)C)no1)N1CCCC(CC(N)=O)C1.I. The third-order valence-corrected chi connectivity index (χ3v) is 4.20. The Bertz CT molecular complexity index is 573. The lowest BCUT2D eigenvalue weighted by Crippen LogP contribution is -2.47. The highest BCUT2D eigenvalue weighted by Crippen LogP contribution is 2.20. The van der Waals surface area contributed by atoms with Gasteiger partial charge in [-0.2, -0.15) is 0 Å². The number of primary amides is 1. The van der Waals surface area contributed by atoms with Gasteiger partial charge in [-0.25, -0.2) is 4.99 Å². The summed E-state index contributed by atoms with van der Waals surface area (Å²) in [6.07, 6.45) is 2.52. The molecule has 1 aromatic heterocycles. The summed E-state index contributed by atoms with van der Waals surface area (Å²) in [5.74, 6) is 2.04. The molecule has 2 heterocycles. The predicted octanol–water partition coefficient (Wildman–Crippen LogP) is 2.47. The van der Waals surface area contributed by atoms with E-state index in [4.69, 9.17) is 10.3 Å². The molecule has 0 aliphatic carbocycles. The summed E-state index contributed by atoms with van der Waals surface area (Å²) in [7, 11) is 0. The van der Waals surface area contributed by atoms with Crippen LogP contribution in [-0.2, 0) is 11.3 Å². The quantitative estimate of drug-likeness (QED) is 0.384.